The molecule has 0 aliphatic rings. The Kier molecular flexibility index (Phi) is 4.24. The number of nitrogens with two attached hydrogens (primary N) is 1. The minimum Gasteiger partial charge on any atom is -0.271 e. The van der Waals surface area contributed by atoms with Crippen molar-refractivity contribution in [2.24, 2.45) is 5.84 Å². The molecule has 14 heavy (non-hydrogen) atoms. The number of hydrazine groups is 1. The number of hydrogen-bond acceptors (Lipinski definition) is 2. The summed E-state index contributed by atoms with van der Waals surface area (Å²) in [7, 11) is 0. The highest BCUT2D eigenvalue weighted by Crippen LogP contribution is 2.27. The molecule has 3 N–H and O–H groups in total. The second kappa shape index (κ2) is 5.23. The largest absolute Gasteiger partial charge is 0.271 e. The Bertz CT molecular complexity index is 358. The third-order valence-electron chi connectivity index (χ3n) is 1.86. The van der Waals surface area contributed by atoms with Crippen LogP contribution >= 0.6 is 23.2 Å². The molecule has 1 atom stereocenters. The van der Waals surface area contributed by atoms with Gasteiger partial charge in [-0.05, 0) is 23.8 Å². The predicted molar refractivity (Wildman–Crippen MR) is 60.0 cm³/mol. The summed E-state index contributed by atoms with van der Waals surface area (Å²) in [5.74, 6) is 7.88. The molecule has 0 fully saturated rings. The van der Waals surface area contributed by atoms with Gasteiger partial charge in [0, 0.05) is 16.5 Å². The van der Waals surface area contributed by atoms with E-state index in [-0.39, 0.29) is 6.04 Å². The van der Waals surface area contributed by atoms with Crippen molar-refractivity contribution >= 4 is 23.2 Å². The van der Waals surface area contributed by atoms with Crippen LogP contribution in [-0.2, 0) is 0 Å². The molecule has 1 rings (SSSR count). The summed E-state index contributed by atoms with van der Waals surface area (Å²) in [5, 5.41) is 1.22. The smallest absolute Gasteiger partial charge is 0.0584 e. The monoisotopic (exact) mass is 228 g/mol. The molecule has 2 nitrogen and oxygen atoms in total. The van der Waals surface area contributed by atoms with Gasteiger partial charge in [-0.15, -0.1) is 12.3 Å². The van der Waals surface area contributed by atoms with Crippen molar-refractivity contribution in [3.63, 3.8) is 0 Å². The molecule has 74 valence electrons. The SMILES string of the molecule is C#CCC(NN)c1cc(Cl)ccc1Cl. The molecule has 4 heteroatoms. The van der Waals surface area contributed by atoms with Gasteiger partial charge >= 0.3 is 0 Å². The lowest BCUT2D eigenvalue weighted by Gasteiger charge is -2.15. The van der Waals surface area contributed by atoms with Gasteiger partial charge in [0.25, 0.3) is 0 Å². The van der Waals surface area contributed by atoms with Gasteiger partial charge in [0.1, 0.15) is 0 Å². The van der Waals surface area contributed by atoms with Gasteiger partial charge in [-0.3, -0.25) is 11.3 Å². The first kappa shape index (κ1) is 11.4. The van der Waals surface area contributed by atoms with Crippen LogP contribution in [0.5, 0.6) is 0 Å². The highest BCUT2D eigenvalue weighted by atomic mass is 35.5. The minimum absolute atomic E-state index is 0.161. The lowest BCUT2D eigenvalue weighted by Crippen LogP contribution is -2.27. The number of rotatable bonds is 3. The van der Waals surface area contributed by atoms with Crippen LogP contribution in [0, 0.1) is 12.3 Å². The molecular weight excluding hydrogens is 219 g/mol. The van der Waals surface area contributed by atoms with Crippen LogP contribution in [0.25, 0.3) is 0 Å². The Hall–Kier alpha value is -0.720. The molecule has 0 amide bonds. The van der Waals surface area contributed by atoms with Gasteiger partial charge in [-0.25, -0.2) is 0 Å². The van der Waals surface area contributed by atoms with E-state index in [1.165, 1.54) is 0 Å². The van der Waals surface area contributed by atoms with Crippen LogP contribution in [0.3, 0.4) is 0 Å². The van der Waals surface area contributed by atoms with E-state index in [1.807, 2.05) is 0 Å². The zero-order valence-corrected chi connectivity index (χ0v) is 8.94. The highest BCUT2D eigenvalue weighted by molar-refractivity contribution is 6.33. The van der Waals surface area contributed by atoms with Crippen LogP contribution in [0.15, 0.2) is 18.2 Å². The van der Waals surface area contributed by atoms with Gasteiger partial charge in [0.2, 0.25) is 0 Å². The number of terminal acetylenes is 1. The molecule has 0 bridgehead atoms. The van der Waals surface area contributed by atoms with E-state index < -0.39 is 0 Å². The molecule has 1 aromatic rings. The van der Waals surface area contributed by atoms with Gasteiger partial charge in [-0.2, -0.15) is 0 Å². The van der Waals surface area contributed by atoms with Crippen LogP contribution in [0.4, 0.5) is 0 Å². The number of halogens is 2. The molecule has 0 radical (unpaired) electrons. The zero-order chi connectivity index (χ0) is 10.6. The maximum absolute atomic E-state index is 5.98. The fourth-order valence-electron chi connectivity index (χ4n) is 1.16. The average Bonchev–Trinajstić information content (AvgIpc) is 2.18. The molecule has 0 aliphatic carbocycles. The summed E-state index contributed by atoms with van der Waals surface area (Å²) >= 11 is 11.8. The molecule has 0 spiro atoms. The molecule has 0 heterocycles. The summed E-state index contributed by atoms with van der Waals surface area (Å²) in [6, 6.07) is 5.04. The second-order valence-corrected chi connectivity index (χ2v) is 3.64. The Morgan fingerprint density at radius 3 is 2.79 bits per heavy atom. The third-order valence-corrected chi connectivity index (χ3v) is 2.44. The van der Waals surface area contributed by atoms with Crippen molar-refractivity contribution in [1.82, 2.24) is 5.43 Å². The summed E-state index contributed by atoms with van der Waals surface area (Å²) in [4.78, 5) is 0. The van der Waals surface area contributed by atoms with Crippen LogP contribution in [0.1, 0.15) is 18.0 Å². The van der Waals surface area contributed by atoms with E-state index in [1.54, 1.807) is 18.2 Å². The van der Waals surface area contributed by atoms with Gasteiger partial charge in [0.15, 0.2) is 0 Å². The molecule has 1 aromatic carbocycles. The Balaban J connectivity index is 3.03. The first-order valence-electron chi connectivity index (χ1n) is 4.03. The van der Waals surface area contributed by atoms with Gasteiger partial charge in [0.05, 0.1) is 6.04 Å². The lowest BCUT2D eigenvalue weighted by molar-refractivity contribution is 0.568. The van der Waals surface area contributed by atoms with E-state index in [0.717, 1.165) is 5.56 Å². The molecule has 0 saturated carbocycles. The lowest BCUT2D eigenvalue weighted by atomic mass is 10.0. The van der Waals surface area contributed by atoms with Gasteiger partial charge < -0.3 is 0 Å². The van der Waals surface area contributed by atoms with Crippen LogP contribution in [0.2, 0.25) is 10.0 Å². The maximum atomic E-state index is 5.98. The molecular formula is C10H10Cl2N2. The van der Waals surface area contributed by atoms with E-state index >= 15 is 0 Å². The quantitative estimate of drug-likeness (QED) is 0.474. The fraction of sp³-hybridized carbons (Fsp3) is 0.200. The fourth-order valence-corrected chi connectivity index (χ4v) is 1.59. The summed E-state index contributed by atoms with van der Waals surface area (Å²) in [6.45, 7) is 0. The normalized spacial score (nSPS) is 12.1. The molecule has 0 aliphatic heterocycles. The van der Waals surface area contributed by atoms with Crippen molar-refractivity contribution in [2.45, 2.75) is 12.5 Å². The van der Waals surface area contributed by atoms with E-state index in [2.05, 4.69) is 11.3 Å². The summed E-state index contributed by atoms with van der Waals surface area (Å²) in [6.07, 6.45) is 5.68. The van der Waals surface area contributed by atoms with Crippen molar-refractivity contribution in [1.29, 1.82) is 0 Å². The standard InChI is InChI=1S/C10H10Cl2N2/c1-2-3-10(14-13)8-6-7(11)4-5-9(8)12/h1,4-6,10,14H,3,13H2. The Morgan fingerprint density at radius 1 is 1.50 bits per heavy atom. The minimum atomic E-state index is -0.161. The molecule has 1 unspecified atom stereocenters. The van der Waals surface area contributed by atoms with Crippen molar-refractivity contribution < 1.29 is 0 Å². The number of nitrogens with one attached hydrogen (secondary N) is 1. The maximum Gasteiger partial charge on any atom is 0.0584 e. The van der Waals surface area contributed by atoms with Crippen LogP contribution in [-0.4, -0.2) is 0 Å². The molecule has 0 saturated heterocycles. The first-order chi connectivity index (χ1) is 6.69. The third kappa shape index (κ3) is 2.63. The Morgan fingerprint density at radius 2 is 2.21 bits per heavy atom. The van der Waals surface area contributed by atoms with Crippen LogP contribution < -0.4 is 11.3 Å². The van der Waals surface area contributed by atoms with Crippen molar-refractivity contribution in [3.05, 3.63) is 33.8 Å². The van der Waals surface area contributed by atoms with E-state index in [9.17, 15) is 0 Å². The summed E-state index contributed by atoms with van der Waals surface area (Å²) in [5.41, 5.74) is 3.42. The average molecular weight is 229 g/mol. The topological polar surface area (TPSA) is 38.0 Å². The van der Waals surface area contributed by atoms with Crippen molar-refractivity contribution in [2.75, 3.05) is 0 Å². The van der Waals surface area contributed by atoms with Gasteiger partial charge in [-0.1, -0.05) is 23.2 Å². The van der Waals surface area contributed by atoms with E-state index in [0.29, 0.717) is 16.5 Å². The Labute approximate surface area is 93.4 Å². The first-order valence-corrected chi connectivity index (χ1v) is 4.79. The second-order valence-electron chi connectivity index (χ2n) is 2.79. The zero-order valence-electron chi connectivity index (χ0n) is 7.43. The predicted octanol–water partition coefficient (Wildman–Crippen LogP) is 2.52. The molecule has 0 aromatic heterocycles. The van der Waals surface area contributed by atoms with Crippen molar-refractivity contribution in [3.8, 4) is 12.3 Å². The highest BCUT2D eigenvalue weighted by Gasteiger charge is 2.12. The van der Waals surface area contributed by atoms with E-state index in [4.69, 9.17) is 35.5 Å². The number of hydrogen-bond donors (Lipinski definition) is 2. The summed E-state index contributed by atoms with van der Waals surface area (Å²) < 4.78 is 0. The number of benzene rings is 1.